The van der Waals surface area contributed by atoms with Gasteiger partial charge in [0.1, 0.15) is 11.6 Å². The van der Waals surface area contributed by atoms with Crippen LogP contribution in [-0.2, 0) is 5.54 Å². The molecule has 25 heavy (non-hydrogen) atoms. The summed E-state index contributed by atoms with van der Waals surface area (Å²) in [4.78, 5) is 12.4. The number of aromatic nitrogens is 3. The quantitative estimate of drug-likeness (QED) is 0.745. The minimum atomic E-state index is -0.418. The Balaban J connectivity index is 1.85. The average molecular weight is 336 g/mol. The first-order valence-corrected chi connectivity index (χ1v) is 8.71. The summed E-state index contributed by atoms with van der Waals surface area (Å²) in [6, 6.07) is 10.3. The Morgan fingerprint density at radius 3 is 2.28 bits per heavy atom. The van der Waals surface area contributed by atoms with Gasteiger partial charge < -0.3 is 10.7 Å². The first-order valence-electron chi connectivity index (χ1n) is 8.71. The van der Waals surface area contributed by atoms with Crippen LogP contribution < -0.4 is 5.73 Å². The van der Waals surface area contributed by atoms with Crippen LogP contribution >= 0.6 is 0 Å². The third-order valence-corrected chi connectivity index (χ3v) is 5.01. The van der Waals surface area contributed by atoms with Crippen molar-refractivity contribution in [2.75, 3.05) is 0 Å². The maximum absolute atomic E-state index is 13.3. The third kappa shape index (κ3) is 3.07. The summed E-state index contributed by atoms with van der Waals surface area (Å²) in [5.41, 5.74) is 9.83. The molecule has 1 aromatic carbocycles. The molecule has 5 heteroatoms. The molecule has 0 amide bonds. The maximum Gasteiger partial charge on any atom is 0.127 e. The largest absolute Gasteiger partial charge is 0.340 e. The van der Waals surface area contributed by atoms with E-state index in [9.17, 15) is 4.39 Å². The summed E-state index contributed by atoms with van der Waals surface area (Å²) in [7, 11) is 0. The van der Waals surface area contributed by atoms with Crippen LogP contribution in [0.5, 0.6) is 0 Å². The molecular formula is C20H21FN4. The van der Waals surface area contributed by atoms with Gasteiger partial charge in [-0.3, -0.25) is 4.98 Å². The second kappa shape index (κ2) is 6.41. The molecule has 0 radical (unpaired) electrons. The van der Waals surface area contributed by atoms with E-state index in [1.807, 2.05) is 12.1 Å². The number of hydrogen-bond acceptors (Lipinski definition) is 3. The Morgan fingerprint density at radius 2 is 1.60 bits per heavy atom. The highest BCUT2D eigenvalue weighted by molar-refractivity contribution is 5.78. The molecule has 0 atom stereocenters. The lowest BCUT2D eigenvalue weighted by molar-refractivity contribution is 0.289. The van der Waals surface area contributed by atoms with Gasteiger partial charge in [-0.1, -0.05) is 19.3 Å². The fourth-order valence-corrected chi connectivity index (χ4v) is 3.57. The molecule has 0 bridgehead atoms. The lowest BCUT2D eigenvalue weighted by Gasteiger charge is -2.31. The Hall–Kier alpha value is -2.53. The van der Waals surface area contributed by atoms with Crippen molar-refractivity contribution >= 4 is 0 Å². The number of aromatic amines is 1. The zero-order valence-electron chi connectivity index (χ0n) is 14.0. The standard InChI is InChI=1S/C20H21FN4/c21-16-6-4-14(5-7-16)17-18(15-8-12-23-13-9-15)25-19(24-17)20(22)10-2-1-3-11-20/h4-9,12-13H,1-3,10-11,22H2,(H,24,25). The molecule has 3 N–H and O–H groups in total. The number of imidazole rings is 1. The van der Waals surface area contributed by atoms with Gasteiger partial charge >= 0.3 is 0 Å². The number of benzene rings is 1. The van der Waals surface area contributed by atoms with Crippen molar-refractivity contribution in [3.8, 4) is 22.5 Å². The van der Waals surface area contributed by atoms with E-state index in [0.29, 0.717) is 0 Å². The van der Waals surface area contributed by atoms with Crippen LogP contribution in [0.25, 0.3) is 22.5 Å². The van der Waals surface area contributed by atoms with E-state index in [4.69, 9.17) is 10.7 Å². The Kier molecular flexibility index (Phi) is 4.09. The van der Waals surface area contributed by atoms with Gasteiger partial charge in [0.25, 0.3) is 0 Å². The topological polar surface area (TPSA) is 67.6 Å². The molecule has 0 saturated heterocycles. The van der Waals surface area contributed by atoms with Crippen LogP contribution in [0.1, 0.15) is 37.9 Å². The first kappa shape index (κ1) is 16.0. The molecule has 0 unspecified atom stereocenters. The van der Waals surface area contributed by atoms with Crippen LogP contribution in [0, 0.1) is 5.82 Å². The number of nitrogens with two attached hydrogens (primary N) is 1. The van der Waals surface area contributed by atoms with Crippen molar-refractivity contribution < 1.29 is 4.39 Å². The van der Waals surface area contributed by atoms with Crippen molar-refractivity contribution in [3.63, 3.8) is 0 Å². The van der Waals surface area contributed by atoms with Crippen molar-refractivity contribution in [2.45, 2.75) is 37.6 Å². The molecule has 4 nitrogen and oxygen atoms in total. The molecule has 3 aromatic rings. The van der Waals surface area contributed by atoms with Crippen LogP contribution in [0.15, 0.2) is 48.8 Å². The number of nitrogens with one attached hydrogen (secondary N) is 1. The molecule has 2 heterocycles. The number of hydrogen-bond donors (Lipinski definition) is 2. The molecule has 2 aromatic heterocycles. The summed E-state index contributed by atoms with van der Waals surface area (Å²) in [5, 5.41) is 0. The molecule has 128 valence electrons. The van der Waals surface area contributed by atoms with Gasteiger partial charge in [0, 0.05) is 23.5 Å². The fraction of sp³-hybridized carbons (Fsp3) is 0.300. The van der Waals surface area contributed by atoms with Gasteiger partial charge in [-0.25, -0.2) is 9.37 Å². The molecular weight excluding hydrogens is 315 g/mol. The van der Waals surface area contributed by atoms with Gasteiger partial charge in [0.05, 0.1) is 16.9 Å². The fourth-order valence-electron chi connectivity index (χ4n) is 3.57. The number of halogens is 1. The summed E-state index contributed by atoms with van der Waals surface area (Å²) >= 11 is 0. The van der Waals surface area contributed by atoms with Crippen LogP contribution in [0.2, 0.25) is 0 Å². The Morgan fingerprint density at radius 1 is 0.920 bits per heavy atom. The molecule has 1 saturated carbocycles. The van der Waals surface area contributed by atoms with E-state index in [1.165, 1.54) is 18.6 Å². The maximum atomic E-state index is 13.3. The van der Waals surface area contributed by atoms with Crippen LogP contribution in [-0.4, -0.2) is 15.0 Å². The third-order valence-electron chi connectivity index (χ3n) is 5.01. The zero-order valence-corrected chi connectivity index (χ0v) is 14.0. The van der Waals surface area contributed by atoms with E-state index in [0.717, 1.165) is 54.0 Å². The van der Waals surface area contributed by atoms with Crippen molar-refractivity contribution in [1.82, 2.24) is 15.0 Å². The monoisotopic (exact) mass is 336 g/mol. The summed E-state index contributed by atoms with van der Waals surface area (Å²) < 4.78 is 13.3. The molecule has 1 aliphatic rings. The van der Waals surface area contributed by atoms with Crippen LogP contribution in [0.3, 0.4) is 0 Å². The number of rotatable bonds is 3. The number of H-pyrrole nitrogens is 1. The van der Waals surface area contributed by atoms with E-state index in [-0.39, 0.29) is 5.82 Å². The van der Waals surface area contributed by atoms with Gasteiger partial charge in [-0.15, -0.1) is 0 Å². The van der Waals surface area contributed by atoms with Crippen molar-refractivity contribution in [1.29, 1.82) is 0 Å². The highest BCUT2D eigenvalue weighted by atomic mass is 19.1. The highest BCUT2D eigenvalue weighted by Crippen LogP contribution is 2.37. The van der Waals surface area contributed by atoms with E-state index >= 15 is 0 Å². The predicted octanol–water partition coefficient (Wildman–Crippen LogP) is 4.40. The van der Waals surface area contributed by atoms with Gasteiger partial charge in [0.2, 0.25) is 0 Å². The highest BCUT2D eigenvalue weighted by Gasteiger charge is 2.33. The van der Waals surface area contributed by atoms with E-state index in [2.05, 4.69) is 9.97 Å². The van der Waals surface area contributed by atoms with Gasteiger partial charge in [0.15, 0.2) is 0 Å². The minimum absolute atomic E-state index is 0.257. The first-order chi connectivity index (χ1) is 12.2. The zero-order chi connectivity index (χ0) is 17.3. The van der Waals surface area contributed by atoms with Crippen LogP contribution in [0.4, 0.5) is 4.39 Å². The lowest BCUT2D eigenvalue weighted by atomic mass is 9.82. The second-order valence-corrected chi connectivity index (χ2v) is 6.77. The van der Waals surface area contributed by atoms with Gasteiger partial charge in [-0.2, -0.15) is 0 Å². The molecule has 4 rings (SSSR count). The SMILES string of the molecule is NC1(c2nc(-c3ccc(F)cc3)c(-c3ccncc3)[nH]2)CCCCC1. The average Bonchev–Trinajstić information content (AvgIpc) is 3.10. The predicted molar refractivity (Wildman–Crippen MR) is 96.2 cm³/mol. The normalized spacial score (nSPS) is 16.7. The Labute approximate surface area is 146 Å². The lowest BCUT2D eigenvalue weighted by Crippen LogP contribution is -2.39. The minimum Gasteiger partial charge on any atom is -0.340 e. The van der Waals surface area contributed by atoms with E-state index in [1.54, 1.807) is 24.5 Å². The van der Waals surface area contributed by atoms with E-state index < -0.39 is 5.54 Å². The molecule has 1 aliphatic carbocycles. The van der Waals surface area contributed by atoms with Crippen molar-refractivity contribution in [2.24, 2.45) is 5.73 Å². The summed E-state index contributed by atoms with van der Waals surface area (Å²) in [5.74, 6) is 0.561. The molecule has 0 spiro atoms. The Bertz CT molecular complexity index is 849. The molecule has 0 aliphatic heterocycles. The smallest absolute Gasteiger partial charge is 0.127 e. The molecule has 1 fully saturated rings. The number of pyridine rings is 1. The summed E-state index contributed by atoms with van der Waals surface area (Å²) in [6.07, 6.45) is 8.83. The summed E-state index contributed by atoms with van der Waals surface area (Å²) in [6.45, 7) is 0. The van der Waals surface area contributed by atoms with Gasteiger partial charge in [-0.05, 0) is 49.2 Å². The number of nitrogens with zero attached hydrogens (tertiary/aromatic N) is 2. The van der Waals surface area contributed by atoms with Crippen molar-refractivity contribution in [3.05, 3.63) is 60.4 Å². The second-order valence-electron chi connectivity index (χ2n) is 6.77.